The standard InChI is InChI=1S/C19H23NO4/c1-11(2)15-9-7-13(6-8-14-10-12(3)20-24-14)17(19(4,5)23)16(15)18(21)22/h6-11,23H,1-5H3,(H,21,22)/b8-6+. The predicted molar refractivity (Wildman–Crippen MR) is 92.9 cm³/mol. The van der Waals surface area contributed by atoms with Crippen molar-refractivity contribution in [2.45, 2.75) is 46.1 Å². The summed E-state index contributed by atoms with van der Waals surface area (Å²) in [5.74, 6) is -0.437. The molecule has 0 saturated carbocycles. The minimum absolute atomic E-state index is 0.0344. The quantitative estimate of drug-likeness (QED) is 0.859. The average Bonchev–Trinajstić information content (AvgIpc) is 2.88. The van der Waals surface area contributed by atoms with Gasteiger partial charge in [0.2, 0.25) is 0 Å². The molecule has 2 aromatic rings. The third kappa shape index (κ3) is 3.74. The smallest absolute Gasteiger partial charge is 0.336 e. The fourth-order valence-corrected chi connectivity index (χ4v) is 2.78. The Labute approximate surface area is 141 Å². The van der Waals surface area contributed by atoms with Crippen molar-refractivity contribution in [2.24, 2.45) is 0 Å². The van der Waals surface area contributed by atoms with Crippen molar-refractivity contribution in [1.29, 1.82) is 0 Å². The fraction of sp³-hybridized carbons (Fsp3) is 0.368. The van der Waals surface area contributed by atoms with Gasteiger partial charge >= 0.3 is 5.97 Å². The zero-order chi connectivity index (χ0) is 18.1. The lowest BCUT2D eigenvalue weighted by Crippen LogP contribution is -2.23. The highest BCUT2D eigenvalue weighted by Gasteiger charge is 2.29. The van der Waals surface area contributed by atoms with Crippen LogP contribution in [0.15, 0.2) is 22.7 Å². The van der Waals surface area contributed by atoms with E-state index in [-0.39, 0.29) is 11.5 Å². The Morgan fingerprint density at radius 2 is 1.96 bits per heavy atom. The number of nitrogens with zero attached hydrogens (tertiary/aromatic N) is 1. The van der Waals surface area contributed by atoms with E-state index < -0.39 is 11.6 Å². The first-order valence-corrected chi connectivity index (χ1v) is 7.85. The summed E-state index contributed by atoms with van der Waals surface area (Å²) in [6, 6.07) is 5.41. The number of rotatable bonds is 5. The third-order valence-corrected chi connectivity index (χ3v) is 3.79. The number of hydrogen-bond donors (Lipinski definition) is 2. The van der Waals surface area contributed by atoms with E-state index in [2.05, 4.69) is 5.16 Å². The highest BCUT2D eigenvalue weighted by molar-refractivity contribution is 5.93. The first kappa shape index (κ1) is 17.9. The first-order chi connectivity index (χ1) is 11.1. The Hall–Kier alpha value is -2.40. The highest BCUT2D eigenvalue weighted by Crippen LogP contribution is 2.34. The summed E-state index contributed by atoms with van der Waals surface area (Å²) in [7, 11) is 0. The molecule has 0 spiro atoms. The molecule has 0 bridgehead atoms. The second-order valence-corrected chi connectivity index (χ2v) is 6.72. The lowest BCUT2D eigenvalue weighted by molar-refractivity contribution is 0.0626. The Bertz CT molecular complexity index is 779. The van der Waals surface area contributed by atoms with Crippen LogP contribution >= 0.6 is 0 Å². The minimum atomic E-state index is -1.30. The van der Waals surface area contributed by atoms with E-state index in [0.717, 1.165) is 5.69 Å². The average molecular weight is 329 g/mol. The number of carboxylic acids is 1. The van der Waals surface area contributed by atoms with Crippen LogP contribution in [0.4, 0.5) is 0 Å². The van der Waals surface area contributed by atoms with Gasteiger partial charge in [-0.15, -0.1) is 0 Å². The van der Waals surface area contributed by atoms with Crippen LogP contribution in [0.3, 0.4) is 0 Å². The monoisotopic (exact) mass is 329 g/mol. The van der Waals surface area contributed by atoms with Crippen LogP contribution in [-0.2, 0) is 5.60 Å². The number of hydrogen-bond acceptors (Lipinski definition) is 4. The van der Waals surface area contributed by atoms with Gasteiger partial charge in [0.05, 0.1) is 16.9 Å². The van der Waals surface area contributed by atoms with Crippen LogP contribution in [0.5, 0.6) is 0 Å². The van der Waals surface area contributed by atoms with E-state index in [1.807, 2.05) is 26.8 Å². The molecule has 0 radical (unpaired) electrons. The van der Waals surface area contributed by atoms with Crippen LogP contribution in [0, 0.1) is 6.92 Å². The molecule has 5 heteroatoms. The van der Waals surface area contributed by atoms with Crippen LogP contribution < -0.4 is 0 Å². The molecule has 128 valence electrons. The van der Waals surface area contributed by atoms with E-state index in [1.165, 1.54) is 0 Å². The van der Waals surface area contributed by atoms with Crippen molar-refractivity contribution < 1.29 is 19.5 Å². The van der Waals surface area contributed by atoms with Gasteiger partial charge in [0.15, 0.2) is 5.76 Å². The molecule has 1 aromatic heterocycles. The number of benzene rings is 1. The van der Waals surface area contributed by atoms with Crippen molar-refractivity contribution in [3.05, 3.63) is 51.9 Å². The zero-order valence-corrected chi connectivity index (χ0v) is 14.6. The number of aliphatic hydroxyl groups is 1. The van der Waals surface area contributed by atoms with Crippen molar-refractivity contribution in [3.8, 4) is 0 Å². The van der Waals surface area contributed by atoms with Crippen LogP contribution in [0.2, 0.25) is 0 Å². The van der Waals surface area contributed by atoms with Gasteiger partial charge < -0.3 is 14.7 Å². The summed E-state index contributed by atoms with van der Waals surface area (Å²) in [6.07, 6.45) is 3.45. The molecular formula is C19H23NO4. The lowest BCUT2D eigenvalue weighted by atomic mass is 9.83. The summed E-state index contributed by atoms with van der Waals surface area (Å²) < 4.78 is 5.14. The number of aryl methyl sites for hydroxylation is 1. The van der Waals surface area contributed by atoms with Crippen molar-refractivity contribution in [3.63, 3.8) is 0 Å². The molecule has 0 fully saturated rings. The lowest BCUT2D eigenvalue weighted by Gasteiger charge is -2.25. The van der Waals surface area contributed by atoms with E-state index >= 15 is 0 Å². The van der Waals surface area contributed by atoms with Gasteiger partial charge in [-0.1, -0.05) is 37.2 Å². The highest BCUT2D eigenvalue weighted by atomic mass is 16.5. The van der Waals surface area contributed by atoms with Gasteiger partial charge in [-0.05, 0) is 43.9 Å². The fourth-order valence-electron chi connectivity index (χ4n) is 2.78. The second kappa shape index (κ2) is 6.61. The SMILES string of the molecule is Cc1cc(/C=C/c2ccc(C(C)C)c(C(=O)O)c2C(C)(C)O)on1. The molecule has 0 aliphatic rings. The van der Waals surface area contributed by atoms with Gasteiger partial charge in [0.1, 0.15) is 0 Å². The number of carboxylic acid groups (broad SMARTS) is 1. The third-order valence-electron chi connectivity index (χ3n) is 3.79. The van der Waals surface area contributed by atoms with E-state index in [0.29, 0.717) is 22.5 Å². The Balaban J connectivity index is 2.65. The molecular weight excluding hydrogens is 306 g/mol. The zero-order valence-electron chi connectivity index (χ0n) is 14.6. The molecule has 5 nitrogen and oxygen atoms in total. The Kier molecular flexibility index (Phi) is 4.94. The first-order valence-electron chi connectivity index (χ1n) is 7.85. The maximum atomic E-state index is 11.9. The Morgan fingerprint density at radius 1 is 1.29 bits per heavy atom. The number of aromatic nitrogens is 1. The summed E-state index contributed by atoms with van der Waals surface area (Å²) in [5, 5.41) is 24.1. The molecule has 2 N–H and O–H groups in total. The van der Waals surface area contributed by atoms with E-state index in [1.54, 1.807) is 38.1 Å². The molecule has 0 atom stereocenters. The van der Waals surface area contributed by atoms with Crippen LogP contribution in [0.1, 0.15) is 72.1 Å². The van der Waals surface area contributed by atoms with Crippen LogP contribution in [0.25, 0.3) is 12.2 Å². The second-order valence-electron chi connectivity index (χ2n) is 6.72. The molecule has 0 amide bonds. The van der Waals surface area contributed by atoms with Gasteiger partial charge in [-0.3, -0.25) is 0 Å². The topological polar surface area (TPSA) is 83.6 Å². The van der Waals surface area contributed by atoms with Crippen LogP contribution in [-0.4, -0.2) is 21.3 Å². The normalized spacial score (nSPS) is 12.3. The molecule has 1 heterocycles. The maximum absolute atomic E-state index is 11.9. The van der Waals surface area contributed by atoms with E-state index in [9.17, 15) is 15.0 Å². The summed E-state index contributed by atoms with van der Waals surface area (Å²) in [5.41, 5.74) is 1.36. The molecule has 0 aliphatic carbocycles. The van der Waals surface area contributed by atoms with Gasteiger partial charge in [-0.25, -0.2) is 4.79 Å². The Morgan fingerprint density at radius 3 is 2.42 bits per heavy atom. The van der Waals surface area contributed by atoms with Gasteiger partial charge in [0.25, 0.3) is 0 Å². The minimum Gasteiger partial charge on any atom is -0.478 e. The van der Waals surface area contributed by atoms with E-state index in [4.69, 9.17) is 4.52 Å². The summed E-state index contributed by atoms with van der Waals surface area (Å²) >= 11 is 0. The number of aromatic carboxylic acids is 1. The van der Waals surface area contributed by atoms with Crippen molar-refractivity contribution in [1.82, 2.24) is 5.16 Å². The summed E-state index contributed by atoms with van der Waals surface area (Å²) in [4.78, 5) is 11.9. The van der Waals surface area contributed by atoms with Crippen molar-refractivity contribution >= 4 is 18.1 Å². The molecule has 0 aliphatic heterocycles. The van der Waals surface area contributed by atoms with Crippen molar-refractivity contribution in [2.75, 3.05) is 0 Å². The summed E-state index contributed by atoms with van der Waals surface area (Å²) in [6.45, 7) is 8.87. The maximum Gasteiger partial charge on any atom is 0.336 e. The predicted octanol–water partition coefficient (Wildman–Crippen LogP) is 4.20. The molecule has 0 saturated heterocycles. The molecule has 2 rings (SSSR count). The van der Waals surface area contributed by atoms with Gasteiger partial charge in [0, 0.05) is 11.6 Å². The largest absolute Gasteiger partial charge is 0.478 e. The molecule has 0 unspecified atom stereocenters. The molecule has 1 aromatic carbocycles. The molecule has 24 heavy (non-hydrogen) atoms. The number of carbonyl (C=O) groups is 1. The van der Waals surface area contributed by atoms with Gasteiger partial charge in [-0.2, -0.15) is 0 Å².